The number of carbonyl (C=O) groups excluding carboxylic acids is 1. The Balaban J connectivity index is 1.78. The van der Waals surface area contributed by atoms with Gasteiger partial charge in [-0.25, -0.2) is 4.79 Å². The second kappa shape index (κ2) is 11.2. The van der Waals surface area contributed by atoms with Crippen LogP contribution in [-0.2, 0) is 30.3 Å². The van der Waals surface area contributed by atoms with Crippen LogP contribution in [0.4, 0.5) is 4.79 Å². The lowest BCUT2D eigenvalue weighted by atomic mass is 9.74. The molecule has 1 fully saturated rings. The molecule has 2 aliphatic rings. The Labute approximate surface area is 189 Å². The first-order chi connectivity index (χ1) is 15.3. The topological polar surface area (TPSA) is 95.5 Å². The summed E-state index contributed by atoms with van der Waals surface area (Å²) in [4.78, 5) is 12.6. The Morgan fingerprint density at radius 1 is 1.31 bits per heavy atom. The van der Waals surface area contributed by atoms with E-state index in [1.165, 1.54) is 7.11 Å². The van der Waals surface area contributed by atoms with E-state index < -0.39 is 30.2 Å². The van der Waals surface area contributed by atoms with Gasteiger partial charge in [0.25, 0.3) is 0 Å². The zero-order chi connectivity index (χ0) is 23.1. The molecule has 1 amide bonds. The van der Waals surface area contributed by atoms with Crippen molar-refractivity contribution in [1.82, 2.24) is 5.32 Å². The van der Waals surface area contributed by atoms with Crippen molar-refractivity contribution in [3.8, 4) is 0 Å². The number of aliphatic hydroxyl groups excluding tert-OH is 1. The first-order valence-electron chi connectivity index (χ1n) is 11.0. The third-order valence-corrected chi connectivity index (χ3v) is 5.86. The third kappa shape index (κ3) is 6.52. The number of fused-ring (bicyclic) bond motifs is 1. The maximum Gasteiger partial charge on any atom is 0.407 e. The van der Waals surface area contributed by atoms with Gasteiger partial charge in [-0.1, -0.05) is 42.5 Å². The van der Waals surface area contributed by atoms with Gasteiger partial charge in [-0.05, 0) is 38.7 Å². The van der Waals surface area contributed by atoms with Gasteiger partial charge in [0, 0.05) is 13.0 Å². The highest BCUT2D eigenvalue weighted by molar-refractivity contribution is 5.68. The molecule has 3 rings (SSSR count). The van der Waals surface area contributed by atoms with Crippen LogP contribution in [-0.4, -0.2) is 61.9 Å². The van der Waals surface area contributed by atoms with Crippen molar-refractivity contribution in [3.05, 3.63) is 48.0 Å². The van der Waals surface area contributed by atoms with E-state index in [0.717, 1.165) is 12.0 Å². The van der Waals surface area contributed by atoms with Crippen molar-refractivity contribution in [1.29, 1.82) is 0 Å². The molecule has 1 aromatic rings. The molecule has 0 spiro atoms. The summed E-state index contributed by atoms with van der Waals surface area (Å²) in [6.45, 7) is 6.01. The van der Waals surface area contributed by atoms with Gasteiger partial charge in [0.05, 0.1) is 24.9 Å². The van der Waals surface area contributed by atoms with Gasteiger partial charge >= 0.3 is 6.09 Å². The molecule has 2 N–H and O–H groups in total. The number of hydrogen-bond donors (Lipinski definition) is 2. The van der Waals surface area contributed by atoms with Gasteiger partial charge in [0.2, 0.25) is 0 Å². The van der Waals surface area contributed by atoms with Crippen molar-refractivity contribution < 1.29 is 33.6 Å². The molecule has 1 aliphatic heterocycles. The monoisotopic (exact) mass is 449 g/mol. The van der Waals surface area contributed by atoms with Crippen LogP contribution in [0.15, 0.2) is 42.5 Å². The smallest absolute Gasteiger partial charge is 0.407 e. The number of alkyl carbamates (subject to hydrolysis) is 1. The molecule has 0 radical (unpaired) electrons. The Morgan fingerprint density at radius 2 is 2.06 bits per heavy atom. The first kappa shape index (κ1) is 24.7. The summed E-state index contributed by atoms with van der Waals surface area (Å²) in [7, 11) is 1.53. The number of ether oxygens (including phenoxy) is 5. The molecule has 0 aromatic heterocycles. The number of methoxy groups -OCH3 is 1. The fraction of sp³-hybridized carbons (Fsp3) is 0.625. The highest BCUT2D eigenvalue weighted by atomic mass is 16.7. The van der Waals surface area contributed by atoms with Gasteiger partial charge in [-0.15, -0.1) is 0 Å². The summed E-state index contributed by atoms with van der Waals surface area (Å²) < 4.78 is 28.7. The van der Waals surface area contributed by atoms with Crippen LogP contribution in [0.2, 0.25) is 0 Å². The van der Waals surface area contributed by atoms with E-state index in [-0.39, 0.29) is 31.3 Å². The summed E-state index contributed by atoms with van der Waals surface area (Å²) in [5, 5.41) is 13.5. The van der Waals surface area contributed by atoms with Crippen molar-refractivity contribution in [2.45, 2.75) is 63.9 Å². The number of allylic oxidation sites excluding steroid dienone is 1. The normalized spacial score (nSPS) is 28.8. The van der Waals surface area contributed by atoms with Gasteiger partial charge in [-0.3, -0.25) is 0 Å². The molecule has 0 bridgehead atoms. The number of aliphatic hydroxyl groups is 1. The Bertz CT molecular complexity index is 752. The van der Waals surface area contributed by atoms with Gasteiger partial charge in [0.15, 0.2) is 5.79 Å². The van der Waals surface area contributed by atoms with Crippen molar-refractivity contribution in [2.75, 3.05) is 20.5 Å². The number of nitrogens with one attached hydrogen (secondary N) is 1. The molecule has 1 aromatic carbocycles. The summed E-state index contributed by atoms with van der Waals surface area (Å²) in [5.41, 5.74) is 0.910. The molecular weight excluding hydrogens is 414 g/mol. The number of amides is 1. The Morgan fingerprint density at radius 3 is 2.75 bits per heavy atom. The molecule has 1 heterocycles. The van der Waals surface area contributed by atoms with E-state index >= 15 is 0 Å². The van der Waals surface area contributed by atoms with Crippen LogP contribution in [0.5, 0.6) is 0 Å². The van der Waals surface area contributed by atoms with E-state index in [4.69, 9.17) is 23.7 Å². The van der Waals surface area contributed by atoms with Crippen LogP contribution in [0.25, 0.3) is 0 Å². The third-order valence-electron chi connectivity index (χ3n) is 5.86. The Kier molecular flexibility index (Phi) is 8.67. The number of benzene rings is 1. The molecule has 178 valence electrons. The van der Waals surface area contributed by atoms with Crippen LogP contribution < -0.4 is 5.32 Å². The molecular formula is C24H35NO7. The zero-order valence-electron chi connectivity index (χ0n) is 19.2. The van der Waals surface area contributed by atoms with E-state index in [2.05, 4.69) is 5.32 Å². The van der Waals surface area contributed by atoms with Crippen LogP contribution in [0.3, 0.4) is 0 Å². The molecule has 0 saturated carbocycles. The lowest BCUT2D eigenvalue weighted by Gasteiger charge is -2.42. The van der Waals surface area contributed by atoms with E-state index in [0.29, 0.717) is 6.61 Å². The van der Waals surface area contributed by atoms with Crippen LogP contribution in [0.1, 0.15) is 32.8 Å². The quantitative estimate of drug-likeness (QED) is 0.465. The van der Waals surface area contributed by atoms with Gasteiger partial charge in [0.1, 0.15) is 19.5 Å². The molecule has 1 aliphatic carbocycles. The fourth-order valence-electron chi connectivity index (χ4n) is 4.36. The van der Waals surface area contributed by atoms with Crippen LogP contribution in [0, 0.1) is 11.8 Å². The zero-order valence-corrected chi connectivity index (χ0v) is 19.2. The second-order valence-electron chi connectivity index (χ2n) is 8.80. The molecule has 32 heavy (non-hydrogen) atoms. The number of carbonyl (C=O) groups is 1. The lowest BCUT2D eigenvalue weighted by molar-refractivity contribution is -0.262. The lowest BCUT2D eigenvalue weighted by Crippen LogP contribution is -2.55. The molecule has 1 saturated heterocycles. The maximum atomic E-state index is 12.6. The number of hydrogen-bond acceptors (Lipinski definition) is 7. The first-order valence-corrected chi connectivity index (χ1v) is 11.0. The summed E-state index contributed by atoms with van der Waals surface area (Å²) in [5.74, 6) is -0.995. The predicted octanol–water partition coefficient (Wildman–Crippen LogP) is 3.00. The predicted molar refractivity (Wildman–Crippen MR) is 118 cm³/mol. The molecule has 8 nitrogen and oxygen atoms in total. The summed E-state index contributed by atoms with van der Waals surface area (Å²) in [6.07, 6.45) is 2.22. The minimum atomic E-state index is -0.871. The summed E-state index contributed by atoms with van der Waals surface area (Å²) in [6, 6.07) is 9.15. The van der Waals surface area contributed by atoms with Crippen molar-refractivity contribution in [3.63, 3.8) is 0 Å². The van der Waals surface area contributed by atoms with Gasteiger partial charge in [-0.2, -0.15) is 0 Å². The maximum absolute atomic E-state index is 12.6. The van der Waals surface area contributed by atoms with E-state index in [1.54, 1.807) is 6.92 Å². The molecule has 8 heteroatoms. The minimum absolute atomic E-state index is 0.0150. The highest BCUT2D eigenvalue weighted by Crippen LogP contribution is 2.39. The average molecular weight is 450 g/mol. The standard InChI is InChI=1S/C24H35NO7/c1-16(26)21(30-15-28-4)22-20-18(14-31-24(2,3)32-22)11-8-12-19(20)25-23(27)29-13-17-9-6-5-7-10-17/h5-10,12,16,18-22,26H,11,13-15H2,1-4H3,(H,25,27)/t16-,18+,19+,20-,21-,22+/m0/s1. The molecule has 0 unspecified atom stereocenters. The van der Waals surface area contributed by atoms with Gasteiger partial charge < -0.3 is 34.1 Å². The van der Waals surface area contributed by atoms with E-state index in [9.17, 15) is 9.90 Å². The second-order valence-corrected chi connectivity index (χ2v) is 8.80. The van der Waals surface area contributed by atoms with E-state index in [1.807, 2.05) is 56.3 Å². The largest absolute Gasteiger partial charge is 0.445 e. The van der Waals surface area contributed by atoms with Crippen LogP contribution >= 0.6 is 0 Å². The minimum Gasteiger partial charge on any atom is -0.445 e. The summed E-state index contributed by atoms with van der Waals surface area (Å²) >= 11 is 0. The number of rotatable bonds is 8. The van der Waals surface area contributed by atoms with Crippen molar-refractivity contribution in [2.24, 2.45) is 11.8 Å². The molecule has 6 atom stereocenters. The Hall–Kier alpha value is -1.97. The van der Waals surface area contributed by atoms with Crippen molar-refractivity contribution >= 4 is 6.09 Å². The average Bonchev–Trinajstić information content (AvgIpc) is 2.90. The SMILES string of the molecule is COCO[C@H]([C@@H]1OC(C)(C)OC[C@H]2CC=C[C@@H](NC(=O)OCc3ccccc3)[C@H]21)[C@H](C)O. The highest BCUT2D eigenvalue weighted by Gasteiger charge is 2.48. The fourth-order valence-corrected chi connectivity index (χ4v) is 4.36.